The molecule has 0 radical (unpaired) electrons. The molecule has 0 saturated carbocycles. The molecule has 3 amide bonds. The Morgan fingerprint density at radius 2 is 1.79 bits per heavy atom. The second-order valence-electron chi connectivity index (χ2n) is 5.54. The van der Waals surface area contributed by atoms with Gasteiger partial charge in [0.05, 0.1) is 5.75 Å². The number of nitrogens with one attached hydrogen (secondary N) is 2. The van der Waals surface area contributed by atoms with Crippen LogP contribution >= 0.6 is 23.1 Å². The van der Waals surface area contributed by atoms with Crippen LogP contribution in [0.15, 0.2) is 58.9 Å². The average Bonchev–Trinajstić information content (AvgIpc) is 3.15. The molecule has 7 nitrogen and oxygen atoms in total. The van der Waals surface area contributed by atoms with Crippen molar-refractivity contribution in [3.8, 4) is 0 Å². The van der Waals surface area contributed by atoms with E-state index < -0.39 is 6.03 Å². The maximum atomic E-state index is 12.9. The Balaban J connectivity index is 1.49. The first-order chi connectivity index (χ1) is 13.5. The molecule has 0 aliphatic heterocycles. The summed E-state index contributed by atoms with van der Waals surface area (Å²) in [5.41, 5.74) is 1.26. The lowest BCUT2D eigenvalue weighted by molar-refractivity contribution is -0.115. The molecule has 0 bridgehead atoms. The van der Waals surface area contributed by atoms with Gasteiger partial charge in [-0.05, 0) is 36.4 Å². The predicted molar refractivity (Wildman–Crippen MR) is 110 cm³/mol. The number of hydrogen-bond acceptors (Lipinski definition) is 6. The largest absolute Gasteiger partial charge is 0.325 e. The van der Waals surface area contributed by atoms with Gasteiger partial charge in [-0.15, -0.1) is 10.2 Å². The maximum absolute atomic E-state index is 12.9. The zero-order chi connectivity index (χ0) is 19.9. The van der Waals surface area contributed by atoms with Crippen molar-refractivity contribution in [1.82, 2.24) is 10.2 Å². The van der Waals surface area contributed by atoms with Crippen LogP contribution in [0.25, 0.3) is 0 Å². The van der Waals surface area contributed by atoms with Gasteiger partial charge in [-0.1, -0.05) is 41.3 Å². The number of rotatable bonds is 6. The molecule has 0 saturated heterocycles. The lowest BCUT2D eigenvalue weighted by Gasteiger charge is -2.16. The van der Waals surface area contributed by atoms with Gasteiger partial charge in [-0.2, -0.15) is 0 Å². The van der Waals surface area contributed by atoms with E-state index in [-0.39, 0.29) is 17.5 Å². The molecule has 3 rings (SSSR count). The number of urea groups is 1. The van der Waals surface area contributed by atoms with E-state index in [2.05, 4.69) is 20.8 Å². The number of amides is 3. The Morgan fingerprint density at radius 1 is 1.07 bits per heavy atom. The van der Waals surface area contributed by atoms with E-state index in [9.17, 15) is 14.0 Å². The third-order valence-corrected chi connectivity index (χ3v) is 5.52. The van der Waals surface area contributed by atoms with Crippen molar-refractivity contribution in [2.75, 3.05) is 28.3 Å². The molecule has 0 atom stereocenters. The van der Waals surface area contributed by atoms with Crippen molar-refractivity contribution >= 4 is 51.5 Å². The molecule has 1 heterocycles. The SMILES string of the molecule is CN(C(=O)CSc1nnc(NC(=O)Nc2ccc(F)cc2)s1)c1ccccc1. The van der Waals surface area contributed by atoms with Crippen LogP contribution in [0.4, 0.5) is 25.7 Å². The number of anilines is 3. The van der Waals surface area contributed by atoms with E-state index in [0.29, 0.717) is 15.2 Å². The number of carbonyl (C=O) groups is 2. The number of hydrogen-bond donors (Lipinski definition) is 2. The van der Waals surface area contributed by atoms with E-state index in [1.807, 2.05) is 30.3 Å². The molecule has 3 aromatic rings. The molecular weight excluding hydrogens is 401 g/mol. The Labute approximate surface area is 169 Å². The molecule has 0 aliphatic rings. The molecule has 2 aromatic carbocycles. The minimum absolute atomic E-state index is 0.0741. The van der Waals surface area contributed by atoms with E-state index in [1.54, 1.807) is 11.9 Å². The van der Waals surface area contributed by atoms with Crippen LogP contribution in [-0.2, 0) is 4.79 Å². The molecule has 28 heavy (non-hydrogen) atoms. The van der Waals surface area contributed by atoms with E-state index in [4.69, 9.17) is 0 Å². The van der Waals surface area contributed by atoms with Gasteiger partial charge in [-0.3, -0.25) is 10.1 Å². The topological polar surface area (TPSA) is 87.2 Å². The molecule has 1 aromatic heterocycles. The Hall–Kier alpha value is -2.98. The minimum Gasteiger partial charge on any atom is -0.315 e. The van der Waals surface area contributed by atoms with Gasteiger partial charge >= 0.3 is 6.03 Å². The zero-order valence-electron chi connectivity index (χ0n) is 14.8. The van der Waals surface area contributed by atoms with Gasteiger partial charge in [0.2, 0.25) is 11.0 Å². The summed E-state index contributed by atoms with van der Waals surface area (Å²) in [5, 5.41) is 13.3. The van der Waals surface area contributed by atoms with Gasteiger partial charge in [0.25, 0.3) is 0 Å². The summed E-state index contributed by atoms with van der Waals surface area (Å²) in [6, 6.07) is 14.2. The number of para-hydroxylation sites is 1. The van der Waals surface area contributed by atoms with Gasteiger partial charge in [0.1, 0.15) is 5.82 Å². The van der Waals surface area contributed by atoms with Crippen LogP contribution < -0.4 is 15.5 Å². The first-order valence-corrected chi connectivity index (χ1v) is 9.93. The van der Waals surface area contributed by atoms with Crippen LogP contribution in [0.3, 0.4) is 0 Å². The number of thioether (sulfide) groups is 1. The van der Waals surface area contributed by atoms with E-state index >= 15 is 0 Å². The van der Waals surface area contributed by atoms with Crippen molar-refractivity contribution in [1.29, 1.82) is 0 Å². The van der Waals surface area contributed by atoms with Crippen LogP contribution in [-0.4, -0.2) is 34.9 Å². The molecule has 10 heteroatoms. The van der Waals surface area contributed by atoms with Crippen LogP contribution in [0, 0.1) is 5.82 Å². The van der Waals surface area contributed by atoms with Crippen molar-refractivity contribution in [3.63, 3.8) is 0 Å². The van der Waals surface area contributed by atoms with Crippen molar-refractivity contribution in [2.45, 2.75) is 4.34 Å². The molecular formula is C18H16FN5O2S2. The van der Waals surface area contributed by atoms with Crippen LogP contribution in [0.2, 0.25) is 0 Å². The summed E-state index contributed by atoms with van der Waals surface area (Å²) >= 11 is 2.41. The van der Waals surface area contributed by atoms with Gasteiger partial charge in [0, 0.05) is 18.4 Å². The third kappa shape index (κ3) is 5.51. The predicted octanol–water partition coefficient (Wildman–Crippen LogP) is 4.08. The average molecular weight is 417 g/mol. The number of nitrogens with zero attached hydrogens (tertiary/aromatic N) is 3. The zero-order valence-corrected chi connectivity index (χ0v) is 16.4. The highest BCUT2D eigenvalue weighted by Gasteiger charge is 2.14. The van der Waals surface area contributed by atoms with Crippen LogP contribution in [0.1, 0.15) is 0 Å². The molecule has 0 unspecified atom stereocenters. The fraction of sp³-hybridized carbons (Fsp3) is 0.111. The number of halogens is 1. The Kier molecular flexibility index (Phi) is 6.56. The number of carbonyl (C=O) groups excluding carboxylic acids is 2. The summed E-state index contributed by atoms with van der Waals surface area (Å²) in [4.78, 5) is 25.8. The lowest BCUT2D eigenvalue weighted by atomic mass is 10.3. The summed E-state index contributed by atoms with van der Waals surface area (Å²) in [6.45, 7) is 0. The summed E-state index contributed by atoms with van der Waals surface area (Å²) in [6.07, 6.45) is 0. The Bertz CT molecular complexity index is 950. The standard InChI is InChI=1S/C18H16FN5O2S2/c1-24(14-5-3-2-4-6-14)15(25)11-27-18-23-22-17(28-18)21-16(26)20-13-9-7-12(19)8-10-13/h2-10H,11H2,1H3,(H2,20,21,22,26). The highest BCUT2D eigenvalue weighted by molar-refractivity contribution is 8.01. The Morgan fingerprint density at radius 3 is 2.50 bits per heavy atom. The molecule has 0 aliphatic carbocycles. The number of benzene rings is 2. The second kappa shape index (κ2) is 9.29. The normalized spacial score (nSPS) is 10.4. The first-order valence-electron chi connectivity index (χ1n) is 8.13. The second-order valence-corrected chi connectivity index (χ2v) is 7.74. The lowest BCUT2D eigenvalue weighted by Crippen LogP contribution is -2.27. The van der Waals surface area contributed by atoms with Crippen molar-refractivity contribution in [2.24, 2.45) is 0 Å². The van der Waals surface area contributed by atoms with Gasteiger partial charge < -0.3 is 10.2 Å². The number of aromatic nitrogens is 2. The minimum atomic E-state index is -0.515. The smallest absolute Gasteiger partial charge is 0.315 e. The molecule has 0 spiro atoms. The van der Waals surface area contributed by atoms with Crippen molar-refractivity contribution < 1.29 is 14.0 Å². The van der Waals surface area contributed by atoms with Gasteiger partial charge in [0.15, 0.2) is 4.34 Å². The fourth-order valence-corrected chi connectivity index (χ4v) is 3.79. The highest BCUT2D eigenvalue weighted by Crippen LogP contribution is 2.26. The quantitative estimate of drug-likeness (QED) is 0.466. The van der Waals surface area contributed by atoms with Crippen molar-refractivity contribution in [3.05, 3.63) is 60.4 Å². The molecule has 144 valence electrons. The molecule has 0 fully saturated rings. The molecule has 2 N–H and O–H groups in total. The summed E-state index contributed by atoms with van der Waals surface area (Å²) < 4.78 is 13.4. The summed E-state index contributed by atoms with van der Waals surface area (Å²) in [5.74, 6) is -0.263. The van der Waals surface area contributed by atoms with E-state index in [1.165, 1.54) is 36.0 Å². The van der Waals surface area contributed by atoms with E-state index in [0.717, 1.165) is 17.0 Å². The van der Waals surface area contributed by atoms with Gasteiger partial charge in [-0.25, -0.2) is 9.18 Å². The first kappa shape index (κ1) is 19.8. The maximum Gasteiger partial charge on any atom is 0.325 e. The summed E-state index contributed by atoms with van der Waals surface area (Å²) in [7, 11) is 1.71. The fourth-order valence-electron chi connectivity index (χ4n) is 2.13. The third-order valence-electron chi connectivity index (χ3n) is 3.57. The monoisotopic (exact) mass is 417 g/mol. The van der Waals surface area contributed by atoms with Crippen LogP contribution in [0.5, 0.6) is 0 Å². The highest BCUT2D eigenvalue weighted by atomic mass is 32.2.